The van der Waals surface area contributed by atoms with Crippen LogP contribution < -0.4 is 10.6 Å². The highest BCUT2D eigenvalue weighted by Gasteiger charge is 2.17. The zero-order chi connectivity index (χ0) is 18.2. The van der Waals surface area contributed by atoms with Gasteiger partial charge in [0.15, 0.2) is 0 Å². The Morgan fingerprint density at radius 3 is 2.73 bits per heavy atom. The van der Waals surface area contributed by atoms with Crippen LogP contribution in [0.2, 0.25) is 0 Å². The molecule has 0 aliphatic carbocycles. The molecule has 144 valence electrons. The SMILES string of the molecule is CC(CNC(=O)NCCCN1CCc2ccccc2C1)N1CCOCC1. The summed E-state index contributed by atoms with van der Waals surface area (Å²) < 4.78 is 5.37. The van der Waals surface area contributed by atoms with Crippen molar-refractivity contribution in [3.63, 3.8) is 0 Å². The first kappa shape index (κ1) is 19.1. The number of carbonyl (C=O) groups excluding carboxylic acids is 1. The molecule has 6 heteroatoms. The highest BCUT2D eigenvalue weighted by Crippen LogP contribution is 2.18. The van der Waals surface area contributed by atoms with Crippen LogP contribution >= 0.6 is 0 Å². The molecule has 2 amide bonds. The van der Waals surface area contributed by atoms with E-state index in [0.29, 0.717) is 12.6 Å². The summed E-state index contributed by atoms with van der Waals surface area (Å²) in [6.07, 6.45) is 2.11. The Balaban J connectivity index is 1.26. The summed E-state index contributed by atoms with van der Waals surface area (Å²) in [6.45, 7) is 10.2. The van der Waals surface area contributed by atoms with Crippen LogP contribution in [0.4, 0.5) is 4.79 Å². The molecule has 0 bridgehead atoms. The first-order chi connectivity index (χ1) is 12.7. The van der Waals surface area contributed by atoms with Gasteiger partial charge in [0.25, 0.3) is 0 Å². The van der Waals surface area contributed by atoms with Gasteiger partial charge in [-0.1, -0.05) is 24.3 Å². The van der Waals surface area contributed by atoms with Crippen LogP contribution in [-0.4, -0.2) is 74.4 Å². The fourth-order valence-electron chi connectivity index (χ4n) is 3.70. The largest absolute Gasteiger partial charge is 0.379 e. The number of urea groups is 1. The summed E-state index contributed by atoms with van der Waals surface area (Å²) in [5, 5.41) is 5.96. The predicted molar refractivity (Wildman–Crippen MR) is 103 cm³/mol. The lowest BCUT2D eigenvalue weighted by Gasteiger charge is -2.32. The predicted octanol–water partition coefficient (Wildman–Crippen LogP) is 1.45. The molecule has 2 N–H and O–H groups in total. The minimum atomic E-state index is -0.0610. The van der Waals surface area contributed by atoms with Crippen molar-refractivity contribution in [2.75, 3.05) is 52.5 Å². The Labute approximate surface area is 156 Å². The van der Waals surface area contributed by atoms with Gasteiger partial charge in [-0.3, -0.25) is 9.80 Å². The van der Waals surface area contributed by atoms with Crippen LogP contribution in [0.1, 0.15) is 24.5 Å². The Hall–Kier alpha value is -1.63. The van der Waals surface area contributed by atoms with Gasteiger partial charge in [0.1, 0.15) is 0 Å². The van der Waals surface area contributed by atoms with Crippen LogP contribution in [-0.2, 0) is 17.7 Å². The highest BCUT2D eigenvalue weighted by molar-refractivity contribution is 5.73. The number of hydrogen-bond donors (Lipinski definition) is 2. The number of morpholine rings is 1. The van der Waals surface area contributed by atoms with Crippen molar-refractivity contribution >= 4 is 6.03 Å². The molecule has 1 saturated heterocycles. The standard InChI is InChI=1S/C20H32N4O2/c1-17(24-11-13-26-14-12-24)15-22-20(25)21-8-4-9-23-10-7-18-5-2-3-6-19(18)16-23/h2-3,5-6,17H,4,7-16H2,1H3,(H2,21,22,25). The first-order valence-electron chi connectivity index (χ1n) is 9.85. The van der Waals surface area contributed by atoms with E-state index in [1.165, 1.54) is 11.1 Å². The number of amides is 2. The Bertz CT molecular complexity index is 575. The summed E-state index contributed by atoms with van der Waals surface area (Å²) in [5.41, 5.74) is 2.93. The van der Waals surface area contributed by atoms with Crippen molar-refractivity contribution in [3.8, 4) is 0 Å². The van der Waals surface area contributed by atoms with Gasteiger partial charge in [-0.05, 0) is 30.9 Å². The van der Waals surface area contributed by atoms with Gasteiger partial charge in [-0.15, -0.1) is 0 Å². The van der Waals surface area contributed by atoms with E-state index in [4.69, 9.17) is 4.74 Å². The van der Waals surface area contributed by atoms with Gasteiger partial charge < -0.3 is 15.4 Å². The molecule has 1 unspecified atom stereocenters. The molecule has 2 aliphatic heterocycles. The average Bonchev–Trinajstić information content (AvgIpc) is 2.70. The maximum atomic E-state index is 12.0. The number of carbonyl (C=O) groups is 1. The second kappa shape index (κ2) is 9.90. The molecular weight excluding hydrogens is 328 g/mol. The third-order valence-corrected chi connectivity index (χ3v) is 5.37. The van der Waals surface area contributed by atoms with Gasteiger partial charge in [-0.2, -0.15) is 0 Å². The highest BCUT2D eigenvalue weighted by atomic mass is 16.5. The fourth-order valence-corrected chi connectivity index (χ4v) is 3.70. The fraction of sp³-hybridized carbons (Fsp3) is 0.650. The summed E-state index contributed by atoms with van der Waals surface area (Å²) in [4.78, 5) is 16.8. The lowest BCUT2D eigenvalue weighted by atomic mass is 10.00. The minimum Gasteiger partial charge on any atom is -0.379 e. The van der Waals surface area contributed by atoms with Gasteiger partial charge in [0.05, 0.1) is 13.2 Å². The van der Waals surface area contributed by atoms with E-state index in [-0.39, 0.29) is 6.03 Å². The number of fused-ring (bicyclic) bond motifs is 1. The number of benzene rings is 1. The van der Waals surface area contributed by atoms with Crippen molar-refractivity contribution in [1.82, 2.24) is 20.4 Å². The third kappa shape index (κ3) is 5.69. The number of ether oxygens (including phenoxy) is 1. The van der Waals surface area contributed by atoms with Crippen LogP contribution in [0.15, 0.2) is 24.3 Å². The molecule has 1 fully saturated rings. The molecule has 0 spiro atoms. The second-order valence-electron chi connectivity index (χ2n) is 7.28. The molecule has 0 aromatic heterocycles. The first-order valence-corrected chi connectivity index (χ1v) is 9.85. The topological polar surface area (TPSA) is 56.8 Å². The van der Waals surface area contributed by atoms with Gasteiger partial charge in [-0.25, -0.2) is 4.79 Å². The van der Waals surface area contributed by atoms with Gasteiger partial charge >= 0.3 is 6.03 Å². The maximum Gasteiger partial charge on any atom is 0.314 e. The molecule has 2 heterocycles. The third-order valence-electron chi connectivity index (χ3n) is 5.37. The van der Waals surface area contributed by atoms with Crippen molar-refractivity contribution in [3.05, 3.63) is 35.4 Å². The van der Waals surface area contributed by atoms with Crippen molar-refractivity contribution in [2.24, 2.45) is 0 Å². The molecule has 6 nitrogen and oxygen atoms in total. The van der Waals surface area contributed by atoms with Crippen LogP contribution in [0, 0.1) is 0 Å². The number of rotatable bonds is 7. The van der Waals surface area contributed by atoms with Crippen LogP contribution in [0.5, 0.6) is 0 Å². The Morgan fingerprint density at radius 2 is 1.92 bits per heavy atom. The zero-order valence-corrected chi connectivity index (χ0v) is 15.9. The van der Waals surface area contributed by atoms with E-state index in [1.807, 2.05) is 0 Å². The molecule has 26 heavy (non-hydrogen) atoms. The molecule has 1 aromatic rings. The normalized spacial score (nSPS) is 19.6. The zero-order valence-electron chi connectivity index (χ0n) is 15.9. The molecule has 1 atom stereocenters. The van der Waals surface area contributed by atoms with E-state index < -0.39 is 0 Å². The molecule has 3 rings (SSSR count). The summed E-state index contributed by atoms with van der Waals surface area (Å²) in [6, 6.07) is 8.98. The molecule has 2 aliphatic rings. The van der Waals surface area contributed by atoms with E-state index in [0.717, 1.165) is 65.3 Å². The average molecular weight is 361 g/mol. The molecule has 1 aromatic carbocycles. The maximum absolute atomic E-state index is 12.0. The van der Waals surface area contributed by atoms with Gasteiger partial charge in [0.2, 0.25) is 0 Å². The molecular formula is C20H32N4O2. The van der Waals surface area contributed by atoms with E-state index in [2.05, 4.69) is 51.6 Å². The van der Waals surface area contributed by atoms with E-state index >= 15 is 0 Å². The van der Waals surface area contributed by atoms with Crippen molar-refractivity contribution in [1.29, 1.82) is 0 Å². The number of hydrogen-bond acceptors (Lipinski definition) is 4. The lowest BCUT2D eigenvalue weighted by Crippen LogP contribution is -2.49. The van der Waals surface area contributed by atoms with Crippen molar-refractivity contribution < 1.29 is 9.53 Å². The van der Waals surface area contributed by atoms with Crippen LogP contribution in [0.25, 0.3) is 0 Å². The number of nitrogens with zero attached hydrogens (tertiary/aromatic N) is 2. The van der Waals surface area contributed by atoms with Crippen LogP contribution in [0.3, 0.4) is 0 Å². The van der Waals surface area contributed by atoms with Crippen molar-refractivity contribution in [2.45, 2.75) is 32.4 Å². The van der Waals surface area contributed by atoms with Gasteiger partial charge in [0, 0.05) is 51.9 Å². The summed E-state index contributed by atoms with van der Waals surface area (Å²) in [5.74, 6) is 0. The Morgan fingerprint density at radius 1 is 1.15 bits per heavy atom. The van der Waals surface area contributed by atoms with E-state index in [9.17, 15) is 4.79 Å². The summed E-state index contributed by atoms with van der Waals surface area (Å²) in [7, 11) is 0. The monoisotopic (exact) mass is 360 g/mol. The minimum absolute atomic E-state index is 0.0610. The van der Waals surface area contributed by atoms with E-state index in [1.54, 1.807) is 0 Å². The molecule has 0 radical (unpaired) electrons. The molecule has 0 saturated carbocycles. The number of nitrogens with one attached hydrogen (secondary N) is 2. The lowest BCUT2D eigenvalue weighted by molar-refractivity contribution is 0.0209. The quantitative estimate of drug-likeness (QED) is 0.723. The smallest absolute Gasteiger partial charge is 0.314 e. The second-order valence-corrected chi connectivity index (χ2v) is 7.28. The summed E-state index contributed by atoms with van der Waals surface area (Å²) >= 11 is 0. The Kier molecular flexibility index (Phi) is 7.29.